The van der Waals surface area contributed by atoms with Gasteiger partial charge in [0.2, 0.25) is 0 Å². The summed E-state index contributed by atoms with van der Waals surface area (Å²) in [6.45, 7) is 0. The summed E-state index contributed by atoms with van der Waals surface area (Å²) >= 11 is 0. The number of rotatable bonds is 6. The van der Waals surface area contributed by atoms with E-state index >= 15 is 0 Å². The maximum atomic E-state index is 11.0. The third-order valence-corrected chi connectivity index (χ3v) is 3.49. The van der Waals surface area contributed by atoms with Crippen molar-refractivity contribution in [3.05, 3.63) is 56.6 Å². The average Bonchev–Trinajstić information content (AvgIpc) is 2.54. The molecule has 2 aromatic carbocycles. The Bertz CT molecular complexity index is 753. The molecule has 0 spiro atoms. The van der Waals surface area contributed by atoms with Gasteiger partial charge in [0.25, 0.3) is 11.4 Å². The Hall–Kier alpha value is -3.36. The van der Waals surface area contributed by atoms with E-state index in [2.05, 4.69) is 0 Å². The van der Waals surface area contributed by atoms with Gasteiger partial charge in [-0.2, -0.15) is 0 Å². The van der Waals surface area contributed by atoms with Crippen molar-refractivity contribution in [3.8, 4) is 11.5 Å². The lowest BCUT2D eigenvalue weighted by Gasteiger charge is -2.21. The maximum absolute atomic E-state index is 11.0. The summed E-state index contributed by atoms with van der Waals surface area (Å²) in [5.41, 5.74) is 0.953. The second kappa shape index (κ2) is 7.04. The molecule has 0 amide bonds. The highest BCUT2D eigenvalue weighted by Gasteiger charge is 2.18. The number of hydrogen-bond acceptors (Lipinski definition) is 7. The summed E-state index contributed by atoms with van der Waals surface area (Å²) in [6, 6.07) is 8.54. The Balaban J connectivity index is 2.49. The third-order valence-electron chi connectivity index (χ3n) is 3.49. The van der Waals surface area contributed by atoms with E-state index in [0.29, 0.717) is 22.9 Å². The lowest BCUT2D eigenvalue weighted by molar-refractivity contribution is -0.385. The first-order valence-corrected chi connectivity index (χ1v) is 7.30. The van der Waals surface area contributed by atoms with Crippen molar-refractivity contribution >= 4 is 22.7 Å². The molecule has 0 aliphatic heterocycles. The largest absolute Gasteiger partial charge is 0.453 e. The molecule has 0 heterocycles. The Kier molecular flexibility index (Phi) is 5.06. The van der Waals surface area contributed by atoms with Crippen LogP contribution in [0.4, 0.5) is 22.7 Å². The molecular formula is C16H18N4O5. The monoisotopic (exact) mass is 346 g/mol. The molecule has 2 rings (SSSR count). The Morgan fingerprint density at radius 3 is 1.40 bits per heavy atom. The predicted molar refractivity (Wildman–Crippen MR) is 94.9 cm³/mol. The van der Waals surface area contributed by atoms with Crippen LogP contribution in [0.5, 0.6) is 11.5 Å². The molecule has 25 heavy (non-hydrogen) atoms. The van der Waals surface area contributed by atoms with Crippen LogP contribution in [0.3, 0.4) is 0 Å². The van der Waals surface area contributed by atoms with E-state index in [1.807, 2.05) is 0 Å². The van der Waals surface area contributed by atoms with Gasteiger partial charge in [-0.25, -0.2) is 0 Å². The standard InChI is InChI=1S/C16H18N4O5/c1-17(2)13-9-11(19(21)22)5-7-15(13)25-16-8-6-12(20(23)24)10-14(16)18(3)4/h5-10H,1-4H3. The number of hydrogen-bond donors (Lipinski definition) is 0. The van der Waals surface area contributed by atoms with E-state index in [0.717, 1.165) is 0 Å². The van der Waals surface area contributed by atoms with Crippen molar-refractivity contribution in [2.45, 2.75) is 0 Å². The normalized spacial score (nSPS) is 10.2. The van der Waals surface area contributed by atoms with E-state index in [-0.39, 0.29) is 11.4 Å². The van der Waals surface area contributed by atoms with Crippen LogP contribution < -0.4 is 14.5 Å². The Labute approximate surface area is 144 Å². The van der Waals surface area contributed by atoms with Gasteiger partial charge in [0.05, 0.1) is 21.2 Å². The average molecular weight is 346 g/mol. The van der Waals surface area contributed by atoms with E-state index in [4.69, 9.17) is 4.74 Å². The Morgan fingerprint density at radius 1 is 0.760 bits per heavy atom. The number of benzene rings is 2. The molecule has 0 radical (unpaired) electrons. The van der Waals surface area contributed by atoms with Crippen LogP contribution >= 0.6 is 0 Å². The van der Waals surface area contributed by atoms with Gasteiger partial charge in [-0.1, -0.05) is 0 Å². The minimum atomic E-state index is -0.478. The van der Waals surface area contributed by atoms with Crippen LogP contribution in [0, 0.1) is 20.2 Å². The number of nitro groups is 2. The summed E-state index contributed by atoms with van der Waals surface area (Å²) in [5.74, 6) is 0.820. The molecule has 0 aromatic heterocycles. The fourth-order valence-corrected chi connectivity index (χ4v) is 2.23. The lowest BCUT2D eigenvalue weighted by Crippen LogP contribution is -2.12. The SMILES string of the molecule is CN(C)c1cc([N+](=O)[O-])ccc1Oc1ccc([N+](=O)[O-])cc1N(C)C. The minimum absolute atomic E-state index is 0.0485. The molecular weight excluding hydrogens is 328 g/mol. The number of nitrogens with zero attached hydrogens (tertiary/aromatic N) is 4. The molecule has 0 fully saturated rings. The topological polar surface area (TPSA) is 102 Å². The molecule has 0 unspecified atom stereocenters. The number of anilines is 2. The van der Waals surface area contributed by atoms with E-state index in [9.17, 15) is 20.2 Å². The zero-order chi connectivity index (χ0) is 18.7. The van der Waals surface area contributed by atoms with Crippen molar-refractivity contribution in [1.82, 2.24) is 0 Å². The van der Waals surface area contributed by atoms with Gasteiger partial charge >= 0.3 is 0 Å². The fraction of sp³-hybridized carbons (Fsp3) is 0.250. The minimum Gasteiger partial charge on any atom is -0.453 e. The van der Waals surface area contributed by atoms with Gasteiger partial charge in [0.15, 0.2) is 11.5 Å². The summed E-state index contributed by atoms with van der Waals surface area (Å²) in [6.07, 6.45) is 0. The molecule has 0 N–H and O–H groups in total. The number of nitro benzene ring substituents is 2. The second-order valence-electron chi connectivity index (χ2n) is 5.71. The van der Waals surface area contributed by atoms with Crippen molar-refractivity contribution < 1.29 is 14.6 Å². The summed E-state index contributed by atoms with van der Waals surface area (Å²) in [5, 5.41) is 21.9. The molecule has 0 atom stereocenters. The molecule has 2 aromatic rings. The molecule has 0 saturated carbocycles. The van der Waals surface area contributed by atoms with Gasteiger partial charge in [0, 0.05) is 52.5 Å². The second-order valence-corrected chi connectivity index (χ2v) is 5.71. The predicted octanol–water partition coefficient (Wildman–Crippen LogP) is 3.43. The molecule has 0 aliphatic rings. The van der Waals surface area contributed by atoms with Gasteiger partial charge in [-0.15, -0.1) is 0 Å². The molecule has 9 nitrogen and oxygen atoms in total. The van der Waals surface area contributed by atoms with E-state index in [1.54, 1.807) is 38.0 Å². The first-order chi connectivity index (χ1) is 11.7. The first kappa shape index (κ1) is 18.0. The zero-order valence-electron chi connectivity index (χ0n) is 14.3. The van der Waals surface area contributed by atoms with Crippen LogP contribution in [0.25, 0.3) is 0 Å². The van der Waals surface area contributed by atoms with Crippen LogP contribution in [0.1, 0.15) is 0 Å². The summed E-state index contributed by atoms with van der Waals surface area (Å²) < 4.78 is 5.90. The molecule has 0 aliphatic carbocycles. The van der Waals surface area contributed by atoms with Gasteiger partial charge in [0.1, 0.15) is 0 Å². The van der Waals surface area contributed by atoms with Crippen molar-refractivity contribution in [1.29, 1.82) is 0 Å². The third kappa shape index (κ3) is 3.94. The van der Waals surface area contributed by atoms with Crippen molar-refractivity contribution in [3.63, 3.8) is 0 Å². The van der Waals surface area contributed by atoms with Gasteiger partial charge < -0.3 is 14.5 Å². The number of ether oxygens (including phenoxy) is 1. The fourth-order valence-electron chi connectivity index (χ4n) is 2.23. The number of non-ortho nitro benzene ring substituents is 2. The maximum Gasteiger partial charge on any atom is 0.271 e. The summed E-state index contributed by atoms with van der Waals surface area (Å²) in [4.78, 5) is 24.4. The van der Waals surface area contributed by atoms with Crippen molar-refractivity contribution in [2.75, 3.05) is 38.0 Å². The first-order valence-electron chi connectivity index (χ1n) is 7.30. The molecule has 0 saturated heterocycles. The smallest absolute Gasteiger partial charge is 0.271 e. The van der Waals surface area contributed by atoms with Crippen LogP contribution in [-0.2, 0) is 0 Å². The quantitative estimate of drug-likeness (QED) is 0.583. The molecule has 0 bridgehead atoms. The molecule has 132 valence electrons. The van der Waals surface area contributed by atoms with Crippen LogP contribution in [-0.4, -0.2) is 38.0 Å². The van der Waals surface area contributed by atoms with Gasteiger partial charge in [-0.3, -0.25) is 20.2 Å². The highest BCUT2D eigenvalue weighted by Crippen LogP contribution is 2.39. The van der Waals surface area contributed by atoms with Crippen LogP contribution in [0.15, 0.2) is 36.4 Å². The zero-order valence-corrected chi connectivity index (χ0v) is 14.3. The highest BCUT2D eigenvalue weighted by molar-refractivity contribution is 5.67. The summed E-state index contributed by atoms with van der Waals surface area (Å²) in [7, 11) is 6.98. The highest BCUT2D eigenvalue weighted by atomic mass is 16.6. The van der Waals surface area contributed by atoms with Crippen LogP contribution in [0.2, 0.25) is 0 Å². The van der Waals surface area contributed by atoms with Crippen molar-refractivity contribution in [2.24, 2.45) is 0 Å². The van der Waals surface area contributed by atoms with E-state index < -0.39 is 9.85 Å². The molecule has 9 heteroatoms. The van der Waals surface area contributed by atoms with Gasteiger partial charge in [-0.05, 0) is 12.1 Å². The lowest BCUT2D eigenvalue weighted by atomic mass is 10.2. The Morgan fingerprint density at radius 2 is 1.12 bits per heavy atom. The van der Waals surface area contributed by atoms with E-state index in [1.165, 1.54) is 36.4 Å².